The number of ether oxygens (including phenoxy) is 1. The van der Waals surface area contributed by atoms with E-state index >= 15 is 0 Å². The lowest BCUT2D eigenvalue weighted by Crippen LogP contribution is -2.07. The standard InChI is InChI=1S/C16H18BrN3O/c17-13-4-2-1-3-12(13)9-19-15-8-7-14(18)16(20-15)21-10-11-5-6-11/h1-4,7-8,11H,5-6,9-10,18H2,(H,19,20). The molecule has 3 N–H and O–H groups in total. The zero-order valence-corrected chi connectivity index (χ0v) is 13.3. The summed E-state index contributed by atoms with van der Waals surface area (Å²) in [6.45, 7) is 1.41. The van der Waals surface area contributed by atoms with Crippen LogP contribution in [-0.2, 0) is 6.54 Å². The van der Waals surface area contributed by atoms with Crippen molar-refractivity contribution in [2.75, 3.05) is 17.7 Å². The summed E-state index contributed by atoms with van der Waals surface area (Å²) in [5.41, 5.74) is 7.67. The van der Waals surface area contributed by atoms with E-state index in [2.05, 4.69) is 32.3 Å². The number of anilines is 2. The fourth-order valence-electron chi connectivity index (χ4n) is 1.97. The molecule has 1 saturated carbocycles. The molecular weight excluding hydrogens is 330 g/mol. The van der Waals surface area contributed by atoms with Gasteiger partial charge in [-0.3, -0.25) is 0 Å². The molecule has 1 aromatic carbocycles. The van der Waals surface area contributed by atoms with Crippen LogP contribution >= 0.6 is 15.9 Å². The van der Waals surface area contributed by atoms with Gasteiger partial charge in [-0.2, -0.15) is 4.98 Å². The summed E-state index contributed by atoms with van der Waals surface area (Å²) in [4.78, 5) is 4.44. The highest BCUT2D eigenvalue weighted by Gasteiger charge is 2.22. The number of rotatable bonds is 6. The monoisotopic (exact) mass is 347 g/mol. The van der Waals surface area contributed by atoms with Crippen LogP contribution in [0.2, 0.25) is 0 Å². The topological polar surface area (TPSA) is 60.2 Å². The predicted molar refractivity (Wildman–Crippen MR) is 88.3 cm³/mol. The van der Waals surface area contributed by atoms with Gasteiger partial charge in [-0.25, -0.2) is 0 Å². The van der Waals surface area contributed by atoms with E-state index in [1.807, 2.05) is 30.3 Å². The maximum absolute atomic E-state index is 5.90. The van der Waals surface area contributed by atoms with Crippen molar-refractivity contribution in [3.63, 3.8) is 0 Å². The SMILES string of the molecule is Nc1ccc(NCc2ccccc2Br)nc1OCC1CC1. The summed E-state index contributed by atoms with van der Waals surface area (Å²) in [5.74, 6) is 1.98. The molecule has 5 heteroatoms. The minimum Gasteiger partial charge on any atom is -0.476 e. The molecule has 0 amide bonds. The van der Waals surface area contributed by atoms with Crippen molar-refractivity contribution in [3.8, 4) is 5.88 Å². The van der Waals surface area contributed by atoms with Gasteiger partial charge in [0.2, 0.25) is 5.88 Å². The number of benzene rings is 1. The van der Waals surface area contributed by atoms with Crippen LogP contribution in [0.4, 0.5) is 11.5 Å². The molecule has 3 rings (SSSR count). The Balaban J connectivity index is 1.64. The number of pyridine rings is 1. The average molecular weight is 348 g/mol. The van der Waals surface area contributed by atoms with Crippen LogP contribution in [0.15, 0.2) is 40.9 Å². The highest BCUT2D eigenvalue weighted by atomic mass is 79.9. The van der Waals surface area contributed by atoms with Crippen molar-refractivity contribution in [2.45, 2.75) is 19.4 Å². The molecule has 0 saturated heterocycles. The molecular formula is C16H18BrN3O. The Hall–Kier alpha value is -1.75. The van der Waals surface area contributed by atoms with Gasteiger partial charge in [0.15, 0.2) is 0 Å². The van der Waals surface area contributed by atoms with Crippen molar-refractivity contribution < 1.29 is 4.74 Å². The van der Waals surface area contributed by atoms with E-state index in [9.17, 15) is 0 Å². The lowest BCUT2D eigenvalue weighted by molar-refractivity contribution is 0.290. The number of nitrogens with one attached hydrogen (secondary N) is 1. The molecule has 1 aromatic heterocycles. The largest absolute Gasteiger partial charge is 0.476 e. The van der Waals surface area contributed by atoms with Gasteiger partial charge in [0, 0.05) is 11.0 Å². The van der Waals surface area contributed by atoms with Crippen molar-refractivity contribution in [1.29, 1.82) is 0 Å². The van der Waals surface area contributed by atoms with E-state index < -0.39 is 0 Å². The molecule has 0 spiro atoms. The predicted octanol–water partition coefficient (Wildman–Crippen LogP) is 3.83. The molecule has 1 aliphatic rings. The minimum atomic E-state index is 0.527. The number of nitrogens with two attached hydrogens (primary N) is 1. The highest BCUT2D eigenvalue weighted by molar-refractivity contribution is 9.10. The second kappa shape index (κ2) is 6.35. The summed E-state index contributed by atoms with van der Waals surface area (Å²) in [6.07, 6.45) is 2.50. The lowest BCUT2D eigenvalue weighted by Gasteiger charge is -2.11. The fraction of sp³-hybridized carbons (Fsp3) is 0.312. The quantitative estimate of drug-likeness (QED) is 0.833. The number of halogens is 1. The highest BCUT2D eigenvalue weighted by Crippen LogP contribution is 2.30. The summed E-state index contributed by atoms with van der Waals surface area (Å²) in [5, 5.41) is 3.30. The first-order valence-corrected chi connectivity index (χ1v) is 7.88. The van der Waals surface area contributed by atoms with E-state index in [0.29, 0.717) is 30.6 Å². The Morgan fingerprint density at radius 2 is 2.05 bits per heavy atom. The fourth-order valence-corrected chi connectivity index (χ4v) is 2.40. The van der Waals surface area contributed by atoms with E-state index in [1.54, 1.807) is 0 Å². The number of hydrogen-bond donors (Lipinski definition) is 2. The Morgan fingerprint density at radius 1 is 1.24 bits per heavy atom. The third kappa shape index (κ3) is 3.88. The van der Waals surface area contributed by atoms with Crippen LogP contribution in [0.3, 0.4) is 0 Å². The van der Waals surface area contributed by atoms with Crippen LogP contribution < -0.4 is 15.8 Å². The zero-order valence-electron chi connectivity index (χ0n) is 11.7. The summed E-state index contributed by atoms with van der Waals surface area (Å²) < 4.78 is 6.77. The van der Waals surface area contributed by atoms with Gasteiger partial charge in [-0.15, -0.1) is 0 Å². The van der Waals surface area contributed by atoms with Crippen LogP contribution in [0.1, 0.15) is 18.4 Å². The van der Waals surface area contributed by atoms with Crippen molar-refractivity contribution in [1.82, 2.24) is 4.98 Å². The Labute approximate surface area is 132 Å². The summed E-state index contributed by atoms with van der Waals surface area (Å²) in [7, 11) is 0. The second-order valence-corrected chi connectivity index (χ2v) is 6.14. The van der Waals surface area contributed by atoms with Crippen molar-refractivity contribution in [2.24, 2.45) is 5.92 Å². The molecule has 0 radical (unpaired) electrons. The lowest BCUT2D eigenvalue weighted by atomic mass is 10.2. The molecule has 21 heavy (non-hydrogen) atoms. The molecule has 2 aromatic rings. The van der Waals surface area contributed by atoms with Crippen molar-refractivity contribution >= 4 is 27.4 Å². The third-order valence-electron chi connectivity index (χ3n) is 3.46. The van der Waals surface area contributed by atoms with Gasteiger partial charge in [-0.05, 0) is 42.5 Å². The minimum absolute atomic E-state index is 0.527. The molecule has 4 nitrogen and oxygen atoms in total. The summed E-state index contributed by atoms with van der Waals surface area (Å²) in [6, 6.07) is 11.8. The van der Waals surface area contributed by atoms with E-state index in [1.165, 1.54) is 18.4 Å². The first kappa shape index (κ1) is 14.2. The number of hydrogen-bond acceptors (Lipinski definition) is 4. The molecule has 0 unspecified atom stereocenters. The van der Waals surface area contributed by atoms with Gasteiger partial charge in [0.05, 0.1) is 12.3 Å². The van der Waals surface area contributed by atoms with Crippen LogP contribution in [0, 0.1) is 5.92 Å². The maximum atomic E-state index is 5.90. The van der Waals surface area contributed by atoms with Gasteiger partial charge in [0.1, 0.15) is 5.82 Å². The first-order valence-electron chi connectivity index (χ1n) is 7.09. The zero-order chi connectivity index (χ0) is 14.7. The Bertz CT molecular complexity index is 629. The van der Waals surface area contributed by atoms with Crippen LogP contribution in [0.25, 0.3) is 0 Å². The number of aromatic nitrogens is 1. The van der Waals surface area contributed by atoms with Crippen molar-refractivity contribution in [3.05, 3.63) is 46.4 Å². The van der Waals surface area contributed by atoms with Gasteiger partial charge >= 0.3 is 0 Å². The normalized spacial score (nSPS) is 14.0. The van der Waals surface area contributed by atoms with Crippen LogP contribution in [0.5, 0.6) is 5.88 Å². The molecule has 0 aliphatic heterocycles. The third-order valence-corrected chi connectivity index (χ3v) is 4.23. The molecule has 1 heterocycles. The molecule has 1 fully saturated rings. The van der Waals surface area contributed by atoms with E-state index in [4.69, 9.17) is 10.5 Å². The molecule has 0 bridgehead atoms. The van der Waals surface area contributed by atoms with Gasteiger partial charge in [-0.1, -0.05) is 34.1 Å². The second-order valence-electron chi connectivity index (χ2n) is 5.29. The number of nitrogens with zero attached hydrogens (tertiary/aromatic N) is 1. The van der Waals surface area contributed by atoms with E-state index in [-0.39, 0.29) is 0 Å². The first-order chi connectivity index (χ1) is 10.2. The Morgan fingerprint density at radius 3 is 2.81 bits per heavy atom. The molecule has 0 atom stereocenters. The maximum Gasteiger partial charge on any atom is 0.239 e. The average Bonchev–Trinajstić information content (AvgIpc) is 3.31. The molecule has 1 aliphatic carbocycles. The summed E-state index contributed by atoms with van der Waals surface area (Å²) >= 11 is 3.54. The van der Waals surface area contributed by atoms with Crippen LogP contribution in [-0.4, -0.2) is 11.6 Å². The van der Waals surface area contributed by atoms with Gasteiger partial charge < -0.3 is 15.8 Å². The van der Waals surface area contributed by atoms with Gasteiger partial charge in [0.25, 0.3) is 0 Å². The Kier molecular flexibility index (Phi) is 4.29. The number of nitrogen functional groups attached to an aromatic ring is 1. The smallest absolute Gasteiger partial charge is 0.239 e. The molecule has 110 valence electrons. The van der Waals surface area contributed by atoms with E-state index in [0.717, 1.165) is 10.3 Å².